The summed E-state index contributed by atoms with van der Waals surface area (Å²) in [5.41, 5.74) is 1.38. The third-order valence-corrected chi connectivity index (χ3v) is 4.36. The largest absolute Gasteiger partial charge is 0.476 e. The number of ether oxygens (including phenoxy) is 1. The van der Waals surface area contributed by atoms with Crippen molar-refractivity contribution in [3.05, 3.63) is 59.7 Å². The summed E-state index contributed by atoms with van der Waals surface area (Å²) in [5, 5.41) is 0. The zero-order valence-corrected chi connectivity index (χ0v) is 14.9. The predicted molar refractivity (Wildman–Crippen MR) is 98.0 cm³/mol. The molecule has 0 atom stereocenters. The first-order valence-electron chi connectivity index (χ1n) is 8.64. The number of ketones is 1. The van der Waals surface area contributed by atoms with Crippen LogP contribution in [0.5, 0.6) is 5.75 Å². The van der Waals surface area contributed by atoms with Gasteiger partial charge in [-0.2, -0.15) is 0 Å². The highest BCUT2D eigenvalue weighted by Gasteiger charge is 2.41. The summed E-state index contributed by atoms with van der Waals surface area (Å²) in [7, 11) is 0. The van der Waals surface area contributed by atoms with E-state index in [9.17, 15) is 9.59 Å². The van der Waals surface area contributed by atoms with Gasteiger partial charge >= 0.3 is 0 Å². The number of hydrogen-bond acceptors (Lipinski definition) is 3. The van der Waals surface area contributed by atoms with Crippen molar-refractivity contribution in [3.8, 4) is 5.75 Å². The van der Waals surface area contributed by atoms with E-state index in [1.54, 1.807) is 36.9 Å². The number of carbonyl (C=O) groups is 2. The Labute approximate surface area is 148 Å². The van der Waals surface area contributed by atoms with Crippen molar-refractivity contribution in [1.82, 2.24) is 0 Å². The van der Waals surface area contributed by atoms with Gasteiger partial charge in [0.1, 0.15) is 5.75 Å². The molecule has 0 unspecified atom stereocenters. The normalized spacial score (nSPS) is 15.5. The fourth-order valence-corrected chi connectivity index (χ4v) is 3.04. The molecule has 3 rings (SSSR count). The highest BCUT2D eigenvalue weighted by atomic mass is 16.5. The lowest BCUT2D eigenvalue weighted by Gasteiger charge is -2.39. The molecule has 0 aromatic heterocycles. The van der Waals surface area contributed by atoms with Crippen molar-refractivity contribution in [3.63, 3.8) is 0 Å². The lowest BCUT2D eigenvalue weighted by atomic mass is 10.00. The molecule has 0 spiro atoms. The van der Waals surface area contributed by atoms with Crippen LogP contribution in [0, 0.1) is 0 Å². The van der Waals surface area contributed by atoms with Crippen LogP contribution in [0.1, 0.15) is 49.5 Å². The van der Waals surface area contributed by atoms with E-state index in [1.807, 2.05) is 37.3 Å². The minimum absolute atomic E-state index is 0.0854. The van der Waals surface area contributed by atoms with Crippen LogP contribution in [0.3, 0.4) is 0 Å². The Bertz CT molecular complexity index is 796. The first kappa shape index (κ1) is 17.2. The smallest absolute Gasteiger partial charge is 0.271 e. The minimum atomic E-state index is -0.934. The summed E-state index contributed by atoms with van der Waals surface area (Å²) in [6.07, 6.45) is 1.30. The average molecular weight is 337 g/mol. The molecular formula is C21H23NO3. The summed E-state index contributed by atoms with van der Waals surface area (Å²) in [5.74, 6) is 0.611. The van der Waals surface area contributed by atoms with Crippen LogP contribution in [-0.4, -0.2) is 17.3 Å². The molecule has 4 nitrogen and oxygen atoms in total. The van der Waals surface area contributed by atoms with Crippen LogP contribution in [0.15, 0.2) is 48.5 Å². The molecule has 0 saturated heterocycles. The number of Topliss-reactive ketones (excluding diaryl/α,β-unsaturated/α-hetero) is 1. The van der Waals surface area contributed by atoms with Gasteiger partial charge in [0.05, 0.1) is 12.2 Å². The molecule has 0 aliphatic carbocycles. The van der Waals surface area contributed by atoms with Gasteiger partial charge in [-0.25, -0.2) is 0 Å². The molecule has 0 fully saturated rings. The number of benzene rings is 2. The molecule has 1 amide bonds. The summed E-state index contributed by atoms with van der Waals surface area (Å²) >= 11 is 0. The molecule has 130 valence electrons. The second kappa shape index (κ2) is 6.71. The van der Waals surface area contributed by atoms with Crippen molar-refractivity contribution in [1.29, 1.82) is 0 Å². The topological polar surface area (TPSA) is 46.6 Å². The van der Waals surface area contributed by atoms with Crippen LogP contribution in [0.4, 0.5) is 5.69 Å². The number of nitrogens with zero attached hydrogens (tertiary/aromatic N) is 1. The number of rotatable bonds is 5. The molecule has 1 aliphatic heterocycles. The zero-order valence-electron chi connectivity index (χ0n) is 14.9. The lowest BCUT2D eigenvalue weighted by Crippen LogP contribution is -2.52. The molecule has 1 heterocycles. The number of hydrogen-bond donors (Lipinski definition) is 0. The van der Waals surface area contributed by atoms with Gasteiger partial charge in [-0.05, 0) is 44.0 Å². The van der Waals surface area contributed by atoms with Crippen LogP contribution in [-0.2, 0) is 11.3 Å². The summed E-state index contributed by atoms with van der Waals surface area (Å²) < 4.78 is 5.89. The molecule has 2 aromatic carbocycles. The first-order valence-corrected chi connectivity index (χ1v) is 8.64. The Morgan fingerprint density at radius 1 is 1.12 bits per heavy atom. The third kappa shape index (κ3) is 3.43. The highest BCUT2D eigenvalue weighted by molar-refractivity contribution is 6.04. The molecule has 0 radical (unpaired) electrons. The van der Waals surface area contributed by atoms with Gasteiger partial charge in [0.15, 0.2) is 11.4 Å². The van der Waals surface area contributed by atoms with E-state index in [0.29, 0.717) is 30.0 Å². The van der Waals surface area contributed by atoms with Crippen molar-refractivity contribution in [2.75, 3.05) is 4.90 Å². The standard InChI is InChI=1S/C21H23NO3/c1-4-8-18(23)16-11-12-19-17(13-16)22(20(24)21(2,3)25-19)14-15-9-6-5-7-10-15/h5-7,9-13H,4,8,14H2,1-3H3. The minimum Gasteiger partial charge on any atom is -0.476 e. The fourth-order valence-electron chi connectivity index (χ4n) is 3.04. The van der Waals surface area contributed by atoms with Gasteiger partial charge in [0, 0.05) is 12.0 Å². The van der Waals surface area contributed by atoms with Crippen molar-refractivity contribution in [2.45, 2.75) is 45.8 Å². The molecular weight excluding hydrogens is 314 g/mol. The second-order valence-corrected chi connectivity index (χ2v) is 6.84. The van der Waals surface area contributed by atoms with Crippen LogP contribution < -0.4 is 9.64 Å². The maximum absolute atomic E-state index is 12.9. The maximum Gasteiger partial charge on any atom is 0.271 e. The van der Waals surface area contributed by atoms with E-state index in [0.717, 1.165) is 12.0 Å². The van der Waals surface area contributed by atoms with E-state index in [4.69, 9.17) is 4.74 Å². The summed E-state index contributed by atoms with van der Waals surface area (Å²) in [6.45, 7) is 5.97. The third-order valence-electron chi connectivity index (χ3n) is 4.36. The highest BCUT2D eigenvalue weighted by Crippen LogP contribution is 2.39. The van der Waals surface area contributed by atoms with E-state index in [-0.39, 0.29) is 11.7 Å². The Morgan fingerprint density at radius 3 is 2.52 bits per heavy atom. The lowest BCUT2D eigenvalue weighted by molar-refractivity contribution is -0.132. The second-order valence-electron chi connectivity index (χ2n) is 6.84. The molecule has 4 heteroatoms. The number of anilines is 1. The van der Waals surface area contributed by atoms with Gasteiger partial charge in [0.25, 0.3) is 5.91 Å². The molecule has 25 heavy (non-hydrogen) atoms. The SMILES string of the molecule is CCCC(=O)c1ccc2c(c1)N(Cc1ccccc1)C(=O)C(C)(C)O2. The van der Waals surface area contributed by atoms with Gasteiger partial charge in [-0.15, -0.1) is 0 Å². The van der Waals surface area contributed by atoms with E-state index in [2.05, 4.69) is 0 Å². The number of fused-ring (bicyclic) bond motifs is 1. The van der Waals surface area contributed by atoms with Crippen molar-refractivity contribution < 1.29 is 14.3 Å². The van der Waals surface area contributed by atoms with E-state index >= 15 is 0 Å². The Kier molecular flexibility index (Phi) is 4.62. The van der Waals surface area contributed by atoms with Crippen LogP contribution >= 0.6 is 0 Å². The van der Waals surface area contributed by atoms with Crippen molar-refractivity contribution in [2.24, 2.45) is 0 Å². The van der Waals surface area contributed by atoms with Crippen molar-refractivity contribution >= 4 is 17.4 Å². The fraction of sp³-hybridized carbons (Fsp3) is 0.333. The van der Waals surface area contributed by atoms with E-state index in [1.165, 1.54) is 0 Å². The van der Waals surface area contributed by atoms with Gasteiger partial charge in [0.2, 0.25) is 0 Å². The van der Waals surface area contributed by atoms with Crippen LogP contribution in [0.2, 0.25) is 0 Å². The molecule has 1 aliphatic rings. The number of amides is 1. The first-order chi connectivity index (χ1) is 11.9. The molecule has 0 bridgehead atoms. The maximum atomic E-state index is 12.9. The quantitative estimate of drug-likeness (QED) is 0.761. The van der Waals surface area contributed by atoms with Gasteiger partial charge in [-0.3, -0.25) is 9.59 Å². The Hall–Kier alpha value is -2.62. The average Bonchev–Trinajstić information content (AvgIpc) is 2.59. The summed E-state index contributed by atoms with van der Waals surface area (Å²) in [4.78, 5) is 26.9. The summed E-state index contributed by atoms with van der Waals surface area (Å²) in [6, 6.07) is 15.2. The Morgan fingerprint density at radius 2 is 1.84 bits per heavy atom. The van der Waals surface area contributed by atoms with E-state index < -0.39 is 5.60 Å². The number of carbonyl (C=O) groups excluding carboxylic acids is 2. The molecule has 0 saturated carbocycles. The predicted octanol–water partition coefficient (Wildman–Crippen LogP) is 4.37. The monoisotopic (exact) mass is 337 g/mol. The Balaban J connectivity index is 2.03. The van der Waals surface area contributed by atoms with Crippen LogP contribution in [0.25, 0.3) is 0 Å². The molecule has 2 aromatic rings. The zero-order chi connectivity index (χ0) is 18.0. The van der Waals surface area contributed by atoms with Gasteiger partial charge in [-0.1, -0.05) is 37.3 Å². The van der Waals surface area contributed by atoms with Gasteiger partial charge < -0.3 is 9.64 Å². The molecule has 0 N–H and O–H groups in total.